The van der Waals surface area contributed by atoms with Gasteiger partial charge in [-0.25, -0.2) is 4.98 Å². The van der Waals surface area contributed by atoms with Gasteiger partial charge >= 0.3 is 0 Å². The van der Waals surface area contributed by atoms with Crippen LogP contribution >= 0.6 is 11.3 Å². The first-order valence-corrected chi connectivity index (χ1v) is 6.60. The molecule has 2 rings (SSSR count). The summed E-state index contributed by atoms with van der Waals surface area (Å²) in [6.07, 6.45) is 0. The molecule has 0 saturated carbocycles. The summed E-state index contributed by atoms with van der Waals surface area (Å²) in [6, 6.07) is 9.52. The van der Waals surface area contributed by atoms with Gasteiger partial charge in [0.15, 0.2) is 5.13 Å². The Labute approximate surface area is 111 Å². The Balaban J connectivity index is 2.19. The fourth-order valence-electron chi connectivity index (χ4n) is 1.47. The molecule has 18 heavy (non-hydrogen) atoms. The molecule has 0 bridgehead atoms. The molecule has 4 heteroatoms. The number of anilines is 2. The highest BCUT2D eigenvalue weighted by atomic mass is 32.1. The number of nitriles is 1. The average Bonchev–Trinajstić information content (AvgIpc) is 2.77. The molecule has 0 unspecified atom stereocenters. The first kappa shape index (κ1) is 12.6. The molecular weight excluding hydrogens is 242 g/mol. The van der Waals surface area contributed by atoms with E-state index in [0.29, 0.717) is 5.56 Å². The number of rotatable bonds is 2. The molecule has 0 saturated heterocycles. The largest absolute Gasteiger partial charge is 0.332 e. The van der Waals surface area contributed by atoms with Gasteiger partial charge in [0, 0.05) is 16.5 Å². The highest BCUT2D eigenvalue weighted by Crippen LogP contribution is 2.28. The molecule has 1 aromatic heterocycles. The molecule has 0 spiro atoms. The molecule has 0 aliphatic carbocycles. The van der Waals surface area contributed by atoms with Crippen molar-refractivity contribution in [3.8, 4) is 6.07 Å². The number of thiazole rings is 1. The number of aromatic nitrogens is 1. The third-order valence-corrected chi connectivity index (χ3v) is 3.27. The highest BCUT2D eigenvalue weighted by Gasteiger charge is 2.17. The van der Waals surface area contributed by atoms with Crippen molar-refractivity contribution in [2.75, 3.05) is 5.32 Å². The van der Waals surface area contributed by atoms with Crippen LogP contribution in [0.5, 0.6) is 0 Å². The topological polar surface area (TPSA) is 48.7 Å². The zero-order valence-electron chi connectivity index (χ0n) is 10.7. The summed E-state index contributed by atoms with van der Waals surface area (Å²) < 4.78 is 0. The predicted molar refractivity (Wildman–Crippen MR) is 75.3 cm³/mol. The van der Waals surface area contributed by atoms with E-state index < -0.39 is 0 Å². The standard InChI is InChI=1S/C14H15N3S/c1-14(2,3)12-9-18-13(17-12)16-11-6-4-5-10(7-11)8-15/h4-7,9H,1-3H3,(H,16,17). The second kappa shape index (κ2) is 4.79. The van der Waals surface area contributed by atoms with E-state index in [1.165, 1.54) is 0 Å². The monoisotopic (exact) mass is 257 g/mol. The molecule has 1 N–H and O–H groups in total. The Bertz CT molecular complexity index is 588. The van der Waals surface area contributed by atoms with Crippen LogP contribution in [0.1, 0.15) is 32.0 Å². The lowest BCUT2D eigenvalue weighted by atomic mass is 9.93. The summed E-state index contributed by atoms with van der Waals surface area (Å²) in [4.78, 5) is 4.56. The van der Waals surface area contributed by atoms with Crippen LogP contribution in [0.15, 0.2) is 29.6 Å². The number of nitrogens with zero attached hydrogens (tertiary/aromatic N) is 2. The molecule has 1 aromatic carbocycles. The van der Waals surface area contributed by atoms with Gasteiger partial charge < -0.3 is 5.32 Å². The van der Waals surface area contributed by atoms with Crippen molar-refractivity contribution in [2.45, 2.75) is 26.2 Å². The van der Waals surface area contributed by atoms with E-state index in [4.69, 9.17) is 5.26 Å². The molecule has 0 amide bonds. The number of hydrogen-bond acceptors (Lipinski definition) is 4. The van der Waals surface area contributed by atoms with Crippen LogP contribution in [0, 0.1) is 11.3 Å². The van der Waals surface area contributed by atoms with E-state index in [1.807, 2.05) is 18.2 Å². The molecular formula is C14H15N3S. The molecule has 0 aliphatic rings. The van der Waals surface area contributed by atoms with Crippen LogP contribution in [0.3, 0.4) is 0 Å². The zero-order valence-corrected chi connectivity index (χ0v) is 11.5. The van der Waals surface area contributed by atoms with Crippen molar-refractivity contribution < 1.29 is 0 Å². The lowest BCUT2D eigenvalue weighted by Crippen LogP contribution is -2.11. The van der Waals surface area contributed by atoms with Crippen molar-refractivity contribution >= 4 is 22.2 Å². The van der Waals surface area contributed by atoms with Gasteiger partial charge in [0.2, 0.25) is 0 Å². The van der Waals surface area contributed by atoms with Gasteiger partial charge in [0.1, 0.15) is 0 Å². The van der Waals surface area contributed by atoms with Gasteiger partial charge in [-0.3, -0.25) is 0 Å². The minimum absolute atomic E-state index is 0.0604. The quantitative estimate of drug-likeness (QED) is 0.882. The van der Waals surface area contributed by atoms with Crippen molar-refractivity contribution in [2.24, 2.45) is 0 Å². The number of hydrogen-bond donors (Lipinski definition) is 1. The molecule has 0 atom stereocenters. The molecule has 1 heterocycles. The van der Waals surface area contributed by atoms with Crippen LogP contribution < -0.4 is 5.32 Å². The third-order valence-electron chi connectivity index (χ3n) is 2.52. The summed E-state index contributed by atoms with van der Waals surface area (Å²) in [5.41, 5.74) is 2.67. The van der Waals surface area contributed by atoms with Crippen molar-refractivity contribution in [1.29, 1.82) is 5.26 Å². The van der Waals surface area contributed by atoms with Gasteiger partial charge in [0.25, 0.3) is 0 Å². The first-order chi connectivity index (χ1) is 8.49. The summed E-state index contributed by atoms with van der Waals surface area (Å²) in [5, 5.41) is 15.0. The van der Waals surface area contributed by atoms with E-state index in [9.17, 15) is 0 Å². The maximum atomic E-state index is 8.85. The van der Waals surface area contributed by atoms with E-state index in [2.05, 4.69) is 42.5 Å². The van der Waals surface area contributed by atoms with E-state index in [0.717, 1.165) is 16.5 Å². The Morgan fingerprint density at radius 2 is 2.11 bits per heavy atom. The van der Waals surface area contributed by atoms with Crippen molar-refractivity contribution in [1.82, 2.24) is 4.98 Å². The van der Waals surface area contributed by atoms with Crippen LogP contribution in [0.4, 0.5) is 10.8 Å². The summed E-state index contributed by atoms with van der Waals surface area (Å²) in [7, 11) is 0. The van der Waals surface area contributed by atoms with Crippen LogP contribution in [-0.4, -0.2) is 4.98 Å². The normalized spacial score (nSPS) is 11.0. The van der Waals surface area contributed by atoms with E-state index in [1.54, 1.807) is 17.4 Å². The zero-order chi connectivity index (χ0) is 13.2. The molecule has 2 aromatic rings. The number of benzene rings is 1. The Morgan fingerprint density at radius 1 is 1.33 bits per heavy atom. The van der Waals surface area contributed by atoms with E-state index in [-0.39, 0.29) is 5.41 Å². The smallest absolute Gasteiger partial charge is 0.187 e. The second-order valence-corrected chi connectivity index (χ2v) is 5.96. The van der Waals surface area contributed by atoms with Crippen LogP contribution in [0.2, 0.25) is 0 Å². The maximum absolute atomic E-state index is 8.85. The Kier molecular flexibility index (Phi) is 3.35. The molecule has 0 aliphatic heterocycles. The summed E-state index contributed by atoms with van der Waals surface area (Å²) >= 11 is 1.58. The minimum Gasteiger partial charge on any atom is -0.332 e. The third kappa shape index (κ3) is 2.88. The molecule has 92 valence electrons. The second-order valence-electron chi connectivity index (χ2n) is 5.11. The molecule has 0 radical (unpaired) electrons. The fraction of sp³-hybridized carbons (Fsp3) is 0.286. The summed E-state index contributed by atoms with van der Waals surface area (Å²) in [5.74, 6) is 0. The summed E-state index contributed by atoms with van der Waals surface area (Å²) in [6.45, 7) is 6.42. The van der Waals surface area contributed by atoms with Gasteiger partial charge in [-0.1, -0.05) is 26.8 Å². The van der Waals surface area contributed by atoms with Gasteiger partial charge in [-0.05, 0) is 18.2 Å². The van der Waals surface area contributed by atoms with E-state index >= 15 is 0 Å². The maximum Gasteiger partial charge on any atom is 0.187 e. The van der Waals surface area contributed by atoms with Crippen molar-refractivity contribution in [3.05, 3.63) is 40.9 Å². The van der Waals surface area contributed by atoms with Gasteiger partial charge in [0.05, 0.1) is 17.3 Å². The first-order valence-electron chi connectivity index (χ1n) is 5.72. The van der Waals surface area contributed by atoms with Crippen LogP contribution in [0.25, 0.3) is 0 Å². The van der Waals surface area contributed by atoms with Crippen molar-refractivity contribution in [3.63, 3.8) is 0 Å². The minimum atomic E-state index is 0.0604. The SMILES string of the molecule is CC(C)(C)c1csc(Nc2cccc(C#N)c2)n1. The van der Waals surface area contributed by atoms with Gasteiger partial charge in [-0.2, -0.15) is 5.26 Å². The Morgan fingerprint density at radius 3 is 2.72 bits per heavy atom. The average molecular weight is 257 g/mol. The lowest BCUT2D eigenvalue weighted by Gasteiger charge is -2.14. The molecule has 0 fully saturated rings. The van der Waals surface area contributed by atoms with Crippen LogP contribution in [-0.2, 0) is 5.41 Å². The lowest BCUT2D eigenvalue weighted by molar-refractivity contribution is 0.573. The fourth-order valence-corrected chi connectivity index (χ4v) is 2.42. The number of nitrogens with one attached hydrogen (secondary N) is 1. The predicted octanol–water partition coefficient (Wildman–Crippen LogP) is 4.06. The van der Waals surface area contributed by atoms with Gasteiger partial charge in [-0.15, -0.1) is 11.3 Å². The molecule has 3 nitrogen and oxygen atoms in total. The Hall–Kier alpha value is -1.86. The highest BCUT2D eigenvalue weighted by molar-refractivity contribution is 7.13.